The smallest absolute Gasteiger partial charge is 0.159 e. The van der Waals surface area contributed by atoms with E-state index in [0.717, 1.165) is 17.6 Å². The molecule has 0 aromatic carbocycles. The second kappa shape index (κ2) is 6.26. The lowest BCUT2D eigenvalue weighted by Gasteiger charge is -2.40. The highest BCUT2D eigenvalue weighted by Gasteiger charge is 2.50. The molecule has 0 spiro atoms. The molecular weight excluding hydrogens is 292 g/mol. The quantitative estimate of drug-likeness (QED) is 0.527. The van der Waals surface area contributed by atoms with Gasteiger partial charge in [-0.05, 0) is 25.2 Å². The number of nitrogens with zero attached hydrogens (tertiary/aromatic N) is 1. The lowest BCUT2D eigenvalue weighted by atomic mass is 9.94. The maximum Gasteiger partial charge on any atom is 0.159 e. The van der Waals surface area contributed by atoms with Crippen molar-refractivity contribution in [3.05, 3.63) is 12.7 Å². The first-order chi connectivity index (χ1) is 10.1. The zero-order chi connectivity index (χ0) is 15.0. The molecule has 6 atom stereocenters. The third kappa shape index (κ3) is 3.27. The van der Waals surface area contributed by atoms with Gasteiger partial charge in [-0.2, -0.15) is 0 Å². The number of amidine groups is 1. The number of hydrogen-bond donors (Lipinski definition) is 4. The van der Waals surface area contributed by atoms with Crippen LogP contribution in [0.3, 0.4) is 0 Å². The average molecular weight is 314 g/mol. The summed E-state index contributed by atoms with van der Waals surface area (Å²) in [6, 6.07) is -0.487. The Morgan fingerprint density at radius 2 is 2.19 bits per heavy atom. The lowest BCUT2D eigenvalue weighted by Crippen LogP contribution is -2.58. The maximum absolute atomic E-state index is 10.2. The Morgan fingerprint density at radius 3 is 2.86 bits per heavy atom. The summed E-state index contributed by atoms with van der Waals surface area (Å²) < 4.78 is 5.76. The molecule has 3 rings (SSSR count). The summed E-state index contributed by atoms with van der Waals surface area (Å²) in [5.74, 6) is 0.731. The Hall–Kier alpha value is -0.600. The van der Waals surface area contributed by atoms with Crippen LogP contribution < -0.4 is 5.32 Å². The second-order valence-electron chi connectivity index (χ2n) is 5.91. The molecule has 0 aromatic heterocycles. The maximum atomic E-state index is 10.2. The number of thioether (sulfide) groups is 1. The van der Waals surface area contributed by atoms with Gasteiger partial charge >= 0.3 is 0 Å². The van der Waals surface area contributed by atoms with Crippen molar-refractivity contribution in [2.45, 2.75) is 55.2 Å². The molecule has 2 fully saturated rings. The van der Waals surface area contributed by atoms with Gasteiger partial charge in [0.2, 0.25) is 0 Å². The monoisotopic (exact) mass is 314 g/mol. The molecule has 0 amide bonds. The van der Waals surface area contributed by atoms with Crippen molar-refractivity contribution < 1.29 is 20.1 Å². The zero-order valence-electron chi connectivity index (χ0n) is 11.8. The number of aliphatic imine (C=N–C) groups is 1. The van der Waals surface area contributed by atoms with Crippen molar-refractivity contribution in [2.75, 3.05) is 6.54 Å². The van der Waals surface area contributed by atoms with Crippen LogP contribution in [0.4, 0.5) is 0 Å². The number of hydrogen-bond acceptors (Lipinski definition) is 7. The predicted molar refractivity (Wildman–Crippen MR) is 81.0 cm³/mol. The fourth-order valence-corrected chi connectivity index (χ4v) is 3.76. The fraction of sp³-hybridized carbons (Fsp3) is 0.786. The normalized spacial score (nSPS) is 40.3. The molecule has 3 aliphatic rings. The van der Waals surface area contributed by atoms with Gasteiger partial charge in [-0.3, -0.25) is 4.99 Å². The first-order valence-corrected chi connectivity index (χ1v) is 8.27. The number of aliphatic hydroxyl groups is 3. The summed E-state index contributed by atoms with van der Waals surface area (Å²) in [5.41, 5.74) is -0.366. The van der Waals surface area contributed by atoms with E-state index < -0.39 is 30.5 Å². The summed E-state index contributed by atoms with van der Waals surface area (Å²) in [4.78, 5) is 4.41. The van der Waals surface area contributed by atoms with Gasteiger partial charge in [0.1, 0.15) is 29.8 Å². The highest BCUT2D eigenvalue weighted by molar-refractivity contribution is 8.14. The van der Waals surface area contributed by atoms with E-state index in [1.165, 1.54) is 24.6 Å². The second-order valence-corrected chi connectivity index (χ2v) is 7.00. The summed E-state index contributed by atoms with van der Waals surface area (Å²) in [6.07, 6.45) is 0.525. The molecule has 6 nitrogen and oxygen atoms in total. The van der Waals surface area contributed by atoms with E-state index in [1.807, 2.05) is 0 Å². The molecule has 4 N–H and O–H groups in total. The summed E-state index contributed by atoms with van der Waals surface area (Å²) >= 11 is 1.42. The van der Waals surface area contributed by atoms with Gasteiger partial charge in [0, 0.05) is 6.54 Å². The van der Waals surface area contributed by atoms with Crippen molar-refractivity contribution in [1.29, 1.82) is 0 Å². The lowest BCUT2D eigenvalue weighted by molar-refractivity contribution is -0.184. The number of aliphatic hydroxyl groups excluding tert-OH is 3. The molecule has 0 radical (unpaired) electrons. The molecule has 1 unspecified atom stereocenters. The van der Waals surface area contributed by atoms with Crippen LogP contribution in [0.25, 0.3) is 0 Å². The van der Waals surface area contributed by atoms with E-state index in [4.69, 9.17) is 4.74 Å². The van der Waals surface area contributed by atoms with E-state index in [1.54, 1.807) is 6.08 Å². The Labute approximate surface area is 128 Å². The summed E-state index contributed by atoms with van der Waals surface area (Å²) in [6.45, 7) is 4.46. The van der Waals surface area contributed by atoms with Gasteiger partial charge in [0.25, 0.3) is 0 Å². The SMILES string of the molecule is C=CCC(O)[C@H]1O[C@@H]2SC(NCC3CC3)=N[C@@H]2[C@@H](O)[C@@H]1O. The molecule has 0 bridgehead atoms. The van der Waals surface area contributed by atoms with E-state index >= 15 is 0 Å². The van der Waals surface area contributed by atoms with E-state index in [0.29, 0.717) is 6.42 Å². The Morgan fingerprint density at radius 1 is 1.43 bits per heavy atom. The van der Waals surface area contributed by atoms with Gasteiger partial charge in [-0.25, -0.2) is 0 Å². The third-order valence-corrected chi connectivity index (χ3v) is 5.22. The molecule has 1 saturated heterocycles. The van der Waals surface area contributed by atoms with Crippen LogP contribution in [0.15, 0.2) is 17.6 Å². The standard InChI is InChI=1S/C14H22N2O4S/c1-2-3-8(17)12-11(19)10(18)9-13(20-12)21-14(16-9)15-6-7-4-5-7/h2,7-13,17-19H,1,3-6H2,(H,15,16)/t8?,9-,10-,11+,12-,13-/m1/s1. The predicted octanol–water partition coefficient (Wildman–Crippen LogP) is -0.159. The largest absolute Gasteiger partial charge is 0.390 e. The summed E-state index contributed by atoms with van der Waals surface area (Å²) in [7, 11) is 0. The van der Waals surface area contributed by atoms with Crippen LogP contribution in [0.2, 0.25) is 0 Å². The van der Waals surface area contributed by atoms with Crippen molar-refractivity contribution in [1.82, 2.24) is 5.32 Å². The van der Waals surface area contributed by atoms with Crippen LogP contribution in [0.5, 0.6) is 0 Å². The van der Waals surface area contributed by atoms with Crippen molar-refractivity contribution in [2.24, 2.45) is 10.9 Å². The van der Waals surface area contributed by atoms with Crippen LogP contribution >= 0.6 is 11.8 Å². The fourth-order valence-electron chi connectivity index (χ4n) is 2.65. The molecule has 118 valence electrons. The number of rotatable bonds is 5. The van der Waals surface area contributed by atoms with Crippen LogP contribution in [0.1, 0.15) is 19.3 Å². The number of ether oxygens (including phenoxy) is 1. The van der Waals surface area contributed by atoms with Crippen molar-refractivity contribution >= 4 is 16.9 Å². The number of nitrogens with one attached hydrogen (secondary N) is 1. The topological polar surface area (TPSA) is 94.3 Å². The molecule has 2 heterocycles. The molecule has 1 saturated carbocycles. The molecule has 1 aliphatic carbocycles. The Kier molecular flexibility index (Phi) is 4.56. The van der Waals surface area contributed by atoms with Gasteiger partial charge < -0.3 is 25.4 Å². The molecule has 0 aromatic rings. The highest BCUT2D eigenvalue weighted by Crippen LogP contribution is 2.37. The number of fused-ring (bicyclic) bond motifs is 1. The zero-order valence-corrected chi connectivity index (χ0v) is 12.6. The van der Waals surface area contributed by atoms with Crippen LogP contribution in [0, 0.1) is 5.92 Å². The summed E-state index contributed by atoms with van der Waals surface area (Å²) in [5, 5.41) is 34.4. The third-order valence-electron chi connectivity index (χ3n) is 4.13. The molecule has 2 aliphatic heterocycles. The molecule has 7 heteroatoms. The Balaban J connectivity index is 1.62. The Bertz CT molecular complexity index is 429. The average Bonchev–Trinajstić information content (AvgIpc) is 3.20. The first kappa shape index (κ1) is 15.3. The van der Waals surface area contributed by atoms with Crippen LogP contribution in [-0.4, -0.2) is 62.9 Å². The minimum Gasteiger partial charge on any atom is -0.390 e. The van der Waals surface area contributed by atoms with Crippen molar-refractivity contribution in [3.8, 4) is 0 Å². The highest BCUT2D eigenvalue weighted by atomic mass is 32.2. The van der Waals surface area contributed by atoms with Crippen molar-refractivity contribution in [3.63, 3.8) is 0 Å². The van der Waals surface area contributed by atoms with Gasteiger partial charge in [-0.15, -0.1) is 6.58 Å². The van der Waals surface area contributed by atoms with Gasteiger partial charge in [0.05, 0.1) is 6.10 Å². The van der Waals surface area contributed by atoms with Gasteiger partial charge in [0.15, 0.2) is 5.17 Å². The van der Waals surface area contributed by atoms with E-state index in [-0.39, 0.29) is 5.44 Å². The van der Waals surface area contributed by atoms with Gasteiger partial charge in [-0.1, -0.05) is 17.8 Å². The minimum absolute atomic E-state index is 0.310. The minimum atomic E-state index is -1.15. The van der Waals surface area contributed by atoms with E-state index in [9.17, 15) is 15.3 Å². The first-order valence-electron chi connectivity index (χ1n) is 7.39. The van der Waals surface area contributed by atoms with E-state index in [2.05, 4.69) is 16.9 Å². The molecule has 21 heavy (non-hydrogen) atoms. The van der Waals surface area contributed by atoms with Crippen LogP contribution in [-0.2, 0) is 4.74 Å². The molecular formula is C14H22N2O4S.